The van der Waals surface area contributed by atoms with E-state index >= 15 is 0 Å². The minimum Gasteiger partial charge on any atom is -0.394 e. The number of ether oxygens (including phenoxy) is 1. The summed E-state index contributed by atoms with van der Waals surface area (Å²) in [6.07, 6.45) is -5.31. The van der Waals surface area contributed by atoms with Crippen molar-refractivity contribution in [2.24, 2.45) is 5.73 Å². The summed E-state index contributed by atoms with van der Waals surface area (Å²) < 4.78 is 4.39. The number of aliphatic hydroxyl groups is 6. The molecule has 1 saturated heterocycles. The molecule has 0 aromatic heterocycles. The van der Waals surface area contributed by atoms with Gasteiger partial charge in [-0.15, -0.1) is 0 Å². The van der Waals surface area contributed by atoms with Gasteiger partial charge in [0.05, 0.1) is 6.61 Å². The lowest BCUT2D eigenvalue weighted by molar-refractivity contribution is -0.446. The average Bonchev–Trinajstić information content (AvgIpc) is 2.09. The van der Waals surface area contributed by atoms with Crippen molar-refractivity contribution in [1.29, 1.82) is 0 Å². The topological polar surface area (TPSA) is 157 Å². The first-order valence-electron chi connectivity index (χ1n) is 3.85. The second-order valence-corrected chi connectivity index (χ2v) is 3.20. The lowest BCUT2D eigenvalue weighted by Crippen LogP contribution is -2.76. The highest BCUT2D eigenvalue weighted by Gasteiger charge is 2.61. The minimum absolute atomic E-state index is 0.742. The van der Waals surface area contributed by atoms with Crippen LogP contribution in [0.4, 0.5) is 0 Å². The third-order valence-corrected chi connectivity index (χ3v) is 2.16. The first kappa shape index (κ1) is 11.8. The number of nitrogens with two attached hydrogens (primary N) is 1. The molecule has 0 bridgehead atoms. The fourth-order valence-electron chi connectivity index (χ4n) is 1.19. The Labute approximate surface area is 78.8 Å². The predicted molar refractivity (Wildman–Crippen MR) is 40.3 cm³/mol. The van der Waals surface area contributed by atoms with Crippen molar-refractivity contribution in [2.45, 2.75) is 30.0 Å². The van der Waals surface area contributed by atoms with Gasteiger partial charge in [0, 0.05) is 0 Å². The molecule has 1 heterocycles. The van der Waals surface area contributed by atoms with Crippen molar-refractivity contribution >= 4 is 0 Å². The third kappa shape index (κ3) is 1.51. The summed E-state index contributed by atoms with van der Waals surface area (Å²) >= 11 is 0. The van der Waals surface area contributed by atoms with Gasteiger partial charge in [-0.3, -0.25) is 5.73 Å². The predicted octanol–water partition coefficient (Wildman–Crippen LogP) is -4.61. The van der Waals surface area contributed by atoms with Gasteiger partial charge in [-0.2, -0.15) is 0 Å². The molecule has 0 aromatic carbocycles. The zero-order chi connectivity index (χ0) is 11.1. The first-order chi connectivity index (χ1) is 6.24. The molecule has 8 nitrogen and oxygen atoms in total. The van der Waals surface area contributed by atoms with E-state index in [0.29, 0.717) is 0 Å². The molecule has 1 aliphatic rings. The van der Waals surface area contributed by atoms with Crippen LogP contribution < -0.4 is 5.73 Å². The molecule has 14 heavy (non-hydrogen) atoms. The second-order valence-electron chi connectivity index (χ2n) is 3.20. The Hall–Kier alpha value is -0.320. The van der Waals surface area contributed by atoms with Gasteiger partial charge < -0.3 is 35.4 Å². The van der Waals surface area contributed by atoms with Crippen LogP contribution in [0.3, 0.4) is 0 Å². The van der Waals surface area contributed by atoms with Crippen LogP contribution in [0.25, 0.3) is 0 Å². The molecular formula is C6H13NO7. The van der Waals surface area contributed by atoms with Gasteiger partial charge in [-0.1, -0.05) is 0 Å². The highest BCUT2D eigenvalue weighted by molar-refractivity contribution is 4.98. The lowest BCUT2D eigenvalue weighted by atomic mass is 9.93. The van der Waals surface area contributed by atoms with Crippen molar-refractivity contribution in [3.8, 4) is 0 Å². The molecule has 0 radical (unpaired) electrons. The van der Waals surface area contributed by atoms with Gasteiger partial charge >= 0.3 is 0 Å². The Bertz CT molecular complexity index is 218. The van der Waals surface area contributed by atoms with E-state index in [1.807, 2.05) is 0 Å². The van der Waals surface area contributed by atoms with Crippen LogP contribution in [-0.2, 0) is 4.74 Å². The summed E-state index contributed by atoms with van der Waals surface area (Å²) in [6.45, 7) is -0.742. The van der Waals surface area contributed by atoms with Gasteiger partial charge in [0.2, 0.25) is 0 Å². The molecule has 8 N–H and O–H groups in total. The average molecular weight is 211 g/mol. The monoisotopic (exact) mass is 211 g/mol. The Balaban J connectivity index is 2.95. The lowest BCUT2D eigenvalue weighted by Gasteiger charge is -2.47. The summed E-state index contributed by atoms with van der Waals surface area (Å²) in [7, 11) is 0. The van der Waals surface area contributed by atoms with E-state index in [2.05, 4.69) is 4.74 Å². The summed E-state index contributed by atoms with van der Waals surface area (Å²) in [6, 6.07) is 0. The zero-order valence-corrected chi connectivity index (χ0v) is 7.11. The molecule has 0 amide bonds. The van der Waals surface area contributed by atoms with Crippen LogP contribution in [0.5, 0.6) is 0 Å². The van der Waals surface area contributed by atoms with Gasteiger partial charge in [0.1, 0.15) is 18.3 Å². The molecular weight excluding hydrogens is 198 g/mol. The van der Waals surface area contributed by atoms with Crippen molar-refractivity contribution in [3.05, 3.63) is 0 Å². The fourth-order valence-corrected chi connectivity index (χ4v) is 1.19. The Morgan fingerprint density at radius 3 is 2.14 bits per heavy atom. The molecule has 84 valence electrons. The van der Waals surface area contributed by atoms with E-state index in [4.69, 9.17) is 31.3 Å². The Morgan fingerprint density at radius 1 is 1.21 bits per heavy atom. The number of rotatable bonds is 1. The SMILES string of the molecule is NC1(O)OC(CO)C(O)C(O)C1(O)O. The van der Waals surface area contributed by atoms with Crippen molar-refractivity contribution in [1.82, 2.24) is 0 Å². The highest BCUT2D eigenvalue weighted by atomic mass is 16.7. The number of hydrogen-bond donors (Lipinski definition) is 7. The van der Waals surface area contributed by atoms with E-state index in [9.17, 15) is 5.11 Å². The van der Waals surface area contributed by atoms with Crippen LogP contribution in [0.2, 0.25) is 0 Å². The summed E-state index contributed by atoms with van der Waals surface area (Å²) in [5, 5.41) is 54.4. The Kier molecular flexibility index (Phi) is 2.82. The molecule has 1 rings (SSSR count). The molecule has 0 aliphatic carbocycles. The maximum atomic E-state index is 9.18. The molecule has 4 unspecified atom stereocenters. The van der Waals surface area contributed by atoms with Crippen molar-refractivity contribution in [3.63, 3.8) is 0 Å². The van der Waals surface area contributed by atoms with Gasteiger partial charge in [0.15, 0.2) is 0 Å². The maximum Gasteiger partial charge on any atom is 0.282 e. The minimum atomic E-state index is -3.21. The first-order valence-corrected chi connectivity index (χ1v) is 3.85. The summed E-state index contributed by atoms with van der Waals surface area (Å²) in [5.74, 6) is -6.17. The van der Waals surface area contributed by atoms with Crippen LogP contribution >= 0.6 is 0 Å². The van der Waals surface area contributed by atoms with E-state index in [1.165, 1.54) is 0 Å². The molecule has 4 atom stereocenters. The van der Waals surface area contributed by atoms with Crippen molar-refractivity contribution < 1.29 is 35.4 Å². The van der Waals surface area contributed by atoms with E-state index in [0.717, 1.165) is 0 Å². The molecule has 1 aliphatic heterocycles. The van der Waals surface area contributed by atoms with Crippen LogP contribution in [0.1, 0.15) is 0 Å². The molecule has 0 spiro atoms. The van der Waals surface area contributed by atoms with Crippen LogP contribution in [0, 0.1) is 0 Å². The van der Waals surface area contributed by atoms with Gasteiger partial charge in [-0.25, -0.2) is 0 Å². The van der Waals surface area contributed by atoms with E-state index < -0.39 is 36.6 Å². The largest absolute Gasteiger partial charge is 0.394 e. The molecule has 8 heteroatoms. The molecule has 0 saturated carbocycles. The maximum absolute atomic E-state index is 9.18. The smallest absolute Gasteiger partial charge is 0.282 e. The zero-order valence-electron chi connectivity index (χ0n) is 7.11. The summed E-state index contributed by atoms with van der Waals surface area (Å²) in [4.78, 5) is 0. The standard InChI is InChI=1S/C6H13NO7/c7-6(13)5(11,12)4(10)3(9)2(1-8)14-6/h2-4,8-13H,1,7H2. The molecule has 0 aromatic rings. The Morgan fingerprint density at radius 2 is 1.71 bits per heavy atom. The third-order valence-electron chi connectivity index (χ3n) is 2.16. The second kappa shape index (κ2) is 3.36. The van der Waals surface area contributed by atoms with Crippen LogP contribution in [-0.4, -0.2) is 67.3 Å². The van der Waals surface area contributed by atoms with Crippen molar-refractivity contribution in [2.75, 3.05) is 6.61 Å². The normalized spacial score (nSPS) is 47.8. The quantitative estimate of drug-likeness (QED) is 0.213. The van der Waals surface area contributed by atoms with Gasteiger partial charge in [-0.05, 0) is 0 Å². The molecule has 1 fully saturated rings. The van der Waals surface area contributed by atoms with E-state index in [1.54, 1.807) is 0 Å². The number of aliphatic hydroxyl groups excluding tert-OH is 3. The van der Waals surface area contributed by atoms with E-state index in [-0.39, 0.29) is 0 Å². The number of hydrogen-bond acceptors (Lipinski definition) is 8. The van der Waals surface area contributed by atoms with Crippen LogP contribution in [0.15, 0.2) is 0 Å². The highest BCUT2D eigenvalue weighted by Crippen LogP contribution is 2.30. The van der Waals surface area contributed by atoms with Gasteiger partial charge in [0.25, 0.3) is 11.7 Å². The fraction of sp³-hybridized carbons (Fsp3) is 1.00. The summed E-state index contributed by atoms with van der Waals surface area (Å²) in [5.41, 5.74) is 4.93.